The molecule has 0 atom stereocenters. The largest absolute Gasteiger partial charge is 0.497 e. The van der Waals surface area contributed by atoms with Crippen LogP contribution in [0, 0.1) is 6.92 Å². The van der Waals surface area contributed by atoms with Gasteiger partial charge in [-0.3, -0.25) is 9.78 Å². The molecule has 0 amide bonds. The van der Waals surface area contributed by atoms with Gasteiger partial charge in [0.1, 0.15) is 5.75 Å². The molecule has 118 valence electrons. The SMILES string of the molecule is CCCCc1c(C)nc(NCc2cccc(OC)c2)[nH]c1=O. The van der Waals surface area contributed by atoms with E-state index in [1.165, 1.54) is 0 Å². The van der Waals surface area contributed by atoms with Crippen LogP contribution >= 0.6 is 0 Å². The lowest BCUT2D eigenvalue weighted by Crippen LogP contribution is -2.19. The van der Waals surface area contributed by atoms with Crippen molar-refractivity contribution in [3.05, 3.63) is 51.4 Å². The summed E-state index contributed by atoms with van der Waals surface area (Å²) < 4.78 is 5.20. The highest BCUT2D eigenvalue weighted by Crippen LogP contribution is 2.13. The highest BCUT2D eigenvalue weighted by molar-refractivity contribution is 5.34. The van der Waals surface area contributed by atoms with Crippen LogP contribution in [-0.4, -0.2) is 17.1 Å². The van der Waals surface area contributed by atoms with Crippen LogP contribution in [0.25, 0.3) is 0 Å². The summed E-state index contributed by atoms with van der Waals surface area (Å²) in [6, 6.07) is 7.78. The quantitative estimate of drug-likeness (QED) is 0.825. The Morgan fingerprint density at radius 2 is 2.18 bits per heavy atom. The van der Waals surface area contributed by atoms with Gasteiger partial charge in [0.2, 0.25) is 5.95 Å². The van der Waals surface area contributed by atoms with Gasteiger partial charge in [0.05, 0.1) is 7.11 Å². The van der Waals surface area contributed by atoms with Gasteiger partial charge in [0.25, 0.3) is 5.56 Å². The molecule has 0 bridgehead atoms. The van der Waals surface area contributed by atoms with Crippen molar-refractivity contribution >= 4 is 5.95 Å². The van der Waals surface area contributed by atoms with Crippen molar-refractivity contribution in [1.82, 2.24) is 9.97 Å². The monoisotopic (exact) mass is 301 g/mol. The minimum absolute atomic E-state index is 0.0471. The van der Waals surface area contributed by atoms with Crippen LogP contribution in [0.3, 0.4) is 0 Å². The first kappa shape index (κ1) is 16.1. The van der Waals surface area contributed by atoms with Gasteiger partial charge in [-0.2, -0.15) is 0 Å². The summed E-state index contributed by atoms with van der Waals surface area (Å²) in [4.78, 5) is 19.4. The number of rotatable bonds is 7. The highest BCUT2D eigenvalue weighted by Gasteiger charge is 2.07. The number of hydrogen-bond donors (Lipinski definition) is 2. The smallest absolute Gasteiger partial charge is 0.255 e. The number of methoxy groups -OCH3 is 1. The Kier molecular flexibility index (Phi) is 5.58. The zero-order valence-electron chi connectivity index (χ0n) is 13.4. The van der Waals surface area contributed by atoms with Gasteiger partial charge >= 0.3 is 0 Å². The Balaban J connectivity index is 2.08. The topological polar surface area (TPSA) is 67.0 Å². The summed E-state index contributed by atoms with van der Waals surface area (Å²) in [7, 11) is 1.64. The second-order valence-electron chi connectivity index (χ2n) is 5.29. The zero-order valence-corrected chi connectivity index (χ0v) is 13.4. The lowest BCUT2D eigenvalue weighted by Gasteiger charge is -2.09. The fraction of sp³-hybridized carbons (Fsp3) is 0.412. The Bertz CT molecular complexity index is 680. The molecule has 1 aromatic carbocycles. The Morgan fingerprint density at radius 3 is 2.86 bits per heavy atom. The minimum atomic E-state index is -0.0471. The Hall–Kier alpha value is -2.30. The lowest BCUT2D eigenvalue weighted by atomic mass is 10.1. The summed E-state index contributed by atoms with van der Waals surface area (Å²) in [5.74, 6) is 1.32. The number of nitrogens with one attached hydrogen (secondary N) is 2. The zero-order chi connectivity index (χ0) is 15.9. The van der Waals surface area contributed by atoms with E-state index in [-0.39, 0.29) is 5.56 Å². The molecule has 2 aromatic rings. The molecule has 0 saturated heterocycles. The molecule has 1 heterocycles. The summed E-state index contributed by atoms with van der Waals surface area (Å²) >= 11 is 0. The second-order valence-corrected chi connectivity index (χ2v) is 5.29. The fourth-order valence-electron chi connectivity index (χ4n) is 2.31. The van der Waals surface area contributed by atoms with Gasteiger partial charge < -0.3 is 10.1 Å². The molecule has 0 aliphatic rings. The number of nitrogens with zero attached hydrogens (tertiary/aromatic N) is 1. The van der Waals surface area contributed by atoms with Crippen LogP contribution in [0.1, 0.15) is 36.6 Å². The van der Waals surface area contributed by atoms with Crippen molar-refractivity contribution in [3.63, 3.8) is 0 Å². The van der Waals surface area contributed by atoms with Crippen molar-refractivity contribution in [1.29, 1.82) is 0 Å². The van der Waals surface area contributed by atoms with Crippen molar-refractivity contribution in [2.75, 3.05) is 12.4 Å². The van der Waals surface area contributed by atoms with E-state index in [1.807, 2.05) is 31.2 Å². The van der Waals surface area contributed by atoms with Crippen molar-refractivity contribution in [2.24, 2.45) is 0 Å². The third kappa shape index (κ3) is 4.10. The summed E-state index contributed by atoms with van der Waals surface area (Å²) in [6.45, 7) is 4.58. The second kappa shape index (κ2) is 7.64. The highest BCUT2D eigenvalue weighted by atomic mass is 16.5. The van der Waals surface area contributed by atoms with Gasteiger partial charge in [-0.1, -0.05) is 25.5 Å². The van der Waals surface area contributed by atoms with Crippen LogP contribution in [0.5, 0.6) is 5.75 Å². The van der Waals surface area contributed by atoms with Crippen LogP contribution in [0.15, 0.2) is 29.1 Å². The van der Waals surface area contributed by atoms with Crippen LogP contribution in [0.4, 0.5) is 5.95 Å². The molecule has 1 aromatic heterocycles. The lowest BCUT2D eigenvalue weighted by molar-refractivity contribution is 0.414. The number of aromatic nitrogens is 2. The van der Waals surface area contributed by atoms with E-state index in [4.69, 9.17) is 4.74 Å². The van der Waals surface area contributed by atoms with Crippen LogP contribution < -0.4 is 15.6 Å². The number of aromatic amines is 1. The predicted octanol–water partition coefficient (Wildman–Crippen LogP) is 3.04. The number of aryl methyl sites for hydroxylation is 1. The molecule has 2 N–H and O–H groups in total. The molecule has 0 saturated carbocycles. The number of benzene rings is 1. The van der Waals surface area contributed by atoms with Gasteiger partial charge in [-0.25, -0.2) is 4.98 Å². The van der Waals surface area contributed by atoms with E-state index >= 15 is 0 Å². The number of unbranched alkanes of at least 4 members (excludes halogenated alkanes) is 1. The molecule has 2 rings (SSSR count). The third-order valence-electron chi connectivity index (χ3n) is 3.60. The van der Waals surface area contributed by atoms with E-state index in [2.05, 4.69) is 22.2 Å². The van der Waals surface area contributed by atoms with Crippen molar-refractivity contribution in [3.8, 4) is 5.75 Å². The number of H-pyrrole nitrogens is 1. The average molecular weight is 301 g/mol. The van der Waals surface area contributed by atoms with Crippen LogP contribution in [0.2, 0.25) is 0 Å². The summed E-state index contributed by atoms with van der Waals surface area (Å²) in [5.41, 5.74) is 2.60. The molecular formula is C17H23N3O2. The molecule has 0 aliphatic heterocycles. The standard InChI is InChI=1S/C17H23N3O2/c1-4-5-9-15-12(2)19-17(20-16(15)21)18-11-13-7-6-8-14(10-13)22-3/h6-8,10H,4-5,9,11H2,1-3H3,(H2,18,19,20,21). The average Bonchev–Trinajstić information content (AvgIpc) is 2.52. The Labute approximate surface area is 130 Å². The van der Waals surface area contributed by atoms with E-state index < -0.39 is 0 Å². The molecule has 5 nitrogen and oxygen atoms in total. The van der Waals surface area contributed by atoms with Gasteiger partial charge in [-0.15, -0.1) is 0 Å². The van der Waals surface area contributed by atoms with E-state index in [0.717, 1.165) is 41.8 Å². The number of anilines is 1. The maximum Gasteiger partial charge on any atom is 0.255 e. The first-order chi connectivity index (χ1) is 10.6. The summed E-state index contributed by atoms with van der Waals surface area (Å²) in [6.07, 6.45) is 2.84. The van der Waals surface area contributed by atoms with Gasteiger partial charge in [-0.05, 0) is 37.5 Å². The van der Waals surface area contributed by atoms with Gasteiger partial charge in [0.15, 0.2) is 0 Å². The first-order valence-electron chi connectivity index (χ1n) is 7.60. The van der Waals surface area contributed by atoms with E-state index in [1.54, 1.807) is 7.11 Å². The maximum atomic E-state index is 12.1. The Morgan fingerprint density at radius 1 is 1.36 bits per heavy atom. The molecular weight excluding hydrogens is 278 g/mol. The first-order valence-corrected chi connectivity index (χ1v) is 7.60. The molecule has 0 radical (unpaired) electrons. The predicted molar refractivity (Wildman–Crippen MR) is 88.5 cm³/mol. The molecule has 22 heavy (non-hydrogen) atoms. The molecule has 5 heteroatoms. The minimum Gasteiger partial charge on any atom is -0.497 e. The summed E-state index contributed by atoms with van der Waals surface area (Å²) in [5, 5.41) is 3.16. The van der Waals surface area contributed by atoms with E-state index in [9.17, 15) is 4.79 Å². The molecule has 0 unspecified atom stereocenters. The number of ether oxygens (including phenoxy) is 1. The molecule has 0 fully saturated rings. The normalized spacial score (nSPS) is 10.5. The van der Waals surface area contributed by atoms with Crippen LogP contribution in [-0.2, 0) is 13.0 Å². The maximum absolute atomic E-state index is 12.1. The molecule has 0 spiro atoms. The van der Waals surface area contributed by atoms with Crippen molar-refractivity contribution < 1.29 is 4.74 Å². The van der Waals surface area contributed by atoms with Gasteiger partial charge in [0, 0.05) is 17.8 Å². The fourth-order valence-corrected chi connectivity index (χ4v) is 2.31. The van der Waals surface area contributed by atoms with E-state index in [0.29, 0.717) is 12.5 Å². The number of hydrogen-bond acceptors (Lipinski definition) is 4. The third-order valence-corrected chi connectivity index (χ3v) is 3.60. The molecule has 0 aliphatic carbocycles. The van der Waals surface area contributed by atoms with Crippen molar-refractivity contribution in [2.45, 2.75) is 39.7 Å².